The van der Waals surface area contributed by atoms with Crippen molar-refractivity contribution >= 4 is 27.5 Å². The summed E-state index contributed by atoms with van der Waals surface area (Å²) in [4.78, 5) is 14.2. The molecule has 2 aromatic rings. The van der Waals surface area contributed by atoms with Crippen LogP contribution in [0.3, 0.4) is 0 Å². The molecule has 1 atom stereocenters. The predicted octanol–water partition coefficient (Wildman–Crippen LogP) is 2.67. The first-order valence-electron chi connectivity index (χ1n) is 9.27. The van der Waals surface area contributed by atoms with E-state index in [9.17, 15) is 13.2 Å². The van der Waals surface area contributed by atoms with Gasteiger partial charge in [0.15, 0.2) is 0 Å². The van der Waals surface area contributed by atoms with Gasteiger partial charge in [0.05, 0.1) is 23.4 Å². The van der Waals surface area contributed by atoms with Crippen LogP contribution >= 0.6 is 11.6 Å². The number of carbonyl (C=O) groups is 1. The van der Waals surface area contributed by atoms with Crippen LogP contribution in [-0.2, 0) is 21.3 Å². The van der Waals surface area contributed by atoms with E-state index in [-0.39, 0.29) is 34.0 Å². The van der Waals surface area contributed by atoms with E-state index >= 15 is 0 Å². The zero-order valence-corrected chi connectivity index (χ0v) is 18.1. The number of carbonyl (C=O) groups excluding carboxylic acids is 1. The molecule has 0 bridgehead atoms. The number of hydrogen-bond acceptors (Lipinski definition) is 6. The Morgan fingerprint density at radius 2 is 2.14 bits per heavy atom. The second-order valence-electron chi connectivity index (χ2n) is 7.10. The number of aryl methyl sites for hydroxylation is 2. The fourth-order valence-corrected chi connectivity index (χ4v) is 4.77. The van der Waals surface area contributed by atoms with Gasteiger partial charge in [-0.3, -0.25) is 4.79 Å². The van der Waals surface area contributed by atoms with Crippen molar-refractivity contribution in [2.24, 2.45) is 0 Å². The molecule has 0 aliphatic carbocycles. The number of ether oxygens (including phenoxy) is 1. The number of sulfonamides is 1. The van der Waals surface area contributed by atoms with Crippen LogP contribution in [0, 0.1) is 13.8 Å². The topological polar surface area (TPSA) is 102 Å². The molecule has 1 amide bonds. The summed E-state index contributed by atoms with van der Waals surface area (Å²) in [7, 11) is -2.25. The lowest BCUT2D eigenvalue weighted by Gasteiger charge is -2.18. The molecule has 0 spiro atoms. The zero-order chi connectivity index (χ0) is 21.2. The number of rotatable bonds is 7. The van der Waals surface area contributed by atoms with Crippen LogP contribution in [0.4, 0.5) is 0 Å². The first kappa shape index (κ1) is 21.8. The molecule has 3 rings (SSSR count). The Hall–Kier alpha value is -1.94. The third-order valence-electron chi connectivity index (χ3n) is 4.92. The first-order chi connectivity index (χ1) is 13.7. The Kier molecular flexibility index (Phi) is 6.62. The van der Waals surface area contributed by atoms with E-state index in [2.05, 4.69) is 9.88 Å². The second kappa shape index (κ2) is 8.83. The monoisotopic (exact) mass is 441 g/mol. The summed E-state index contributed by atoms with van der Waals surface area (Å²) in [6.07, 6.45) is 1.57. The third-order valence-corrected chi connectivity index (χ3v) is 6.82. The maximum Gasteiger partial charge on any atom is 0.253 e. The molecule has 0 saturated carbocycles. The van der Waals surface area contributed by atoms with E-state index in [1.807, 2.05) is 0 Å². The molecule has 10 heteroatoms. The standard InChI is InChI=1S/C19H24ClN3O5S/c1-12-16(13(2)28-22-12)11-23(3)19(24)14-6-7-17(20)18(9-14)29(25,26)21-10-15-5-4-8-27-15/h6-7,9,15,21H,4-5,8,10-11H2,1-3H3. The number of halogens is 1. The number of hydrogen-bond donors (Lipinski definition) is 1. The van der Waals surface area contributed by atoms with E-state index in [1.54, 1.807) is 20.9 Å². The van der Waals surface area contributed by atoms with Gasteiger partial charge in [-0.05, 0) is 44.9 Å². The van der Waals surface area contributed by atoms with E-state index < -0.39 is 10.0 Å². The number of amides is 1. The number of nitrogens with zero attached hydrogens (tertiary/aromatic N) is 2. The Balaban J connectivity index is 1.77. The van der Waals surface area contributed by atoms with Gasteiger partial charge in [0.1, 0.15) is 10.7 Å². The number of nitrogens with one attached hydrogen (secondary N) is 1. The van der Waals surface area contributed by atoms with E-state index in [4.69, 9.17) is 20.9 Å². The molecular weight excluding hydrogens is 418 g/mol. The molecule has 2 heterocycles. The van der Waals surface area contributed by atoms with Gasteiger partial charge in [0, 0.05) is 31.3 Å². The quantitative estimate of drug-likeness (QED) is 0.708. The summed E-state index contributed by atoms with van der Waals surface area (Å²) < 4.78 is 38.5. The second-order valence-corrected chi connectivity index (χ2v) is 9.24. The van der Waals surface area contributed by atoms with Crippen LogP contribution in [0.1, 0.15) is 40.2 Å². The molecule has 1 aliphatic rings. The minimum Gasteiger partial charge on any atom is -0.377 e. The van der Waals surface area contributed by atoms with Gasteiger partial charge in [0.25, 0.3) is 5.91 Å². The van der Waals surface area contributed by atoms with Crippen molar-refractivity contribution in [3.8, 4) is 0 Å². The van der Waals surface area contributed by atoms with Gasteiger partial charge in [-0.15, -0.1) is 0 Å². The van der Waals surface area contributed by atoms with Crippen molar-refractivity contribution < 1.29 is 22.5 Å². The van der Waals surface area contributed by atoms with Gasteiger partial charge < -0.3 is 14.2 Å². The van der Waals surface area contributed by atoms with Crippen LogP contribution in [0.2, 0.25) is 5.02 Å². The highest BCUT2D eigenvalue weighted by molar-refractivity contribution is 7.89. The van der Waals surface area contributed by atoms with Gasteiger partial charge in [-0.1, -0.05) is 16.8 Å². The van der Waals surface area contributed by atoms with E-state index in [0.717, 1.165) is 18.4 Å². The average molecular weight is 442 g/mol. The Labute approximate surface area is 175 Å². The van der Waals surface area contributed by atoms with Crippen LogP contribution < -0.4 is 4.72 Å². The molecule has 29 heavy (non-hydrogen) atoms. The van der Waals surface area contributed by atoms with Crippen LogP contribution in [0.15, 0.2) is 27.6 Å². The van der Waals surface area contributed by atoms with E-state index in [1.165, 1.54) is 23.1 Å². The molecule has 1 N–H and O–H groups in total. The van der Waals surface area contributed by atoms with Crippen LogP contribution in [-0.4, -0.2) is 50.7 Å². The summed E-state index contributed by atoms with van der Waals surface area (Å²) in [5.41, 5.74) is 1.75. The minimum absolute atomic E-state index is 0.0507. The lowest BCUT2D eigenvalue weighted by atomic mass is 10.1. The summed E-state index contributed by atoms with van der Waals surface area (Å²) in [6, 6.07) is 4.22. The summed E-state index contributed by atoms with van der Waals surface area (Å²) >= 11 is 6.12. The Morgan fingerprint density at radius 3 is 2.76 bits per heavy atom. The molecule has 1 fully saturated rings. The molecule has 1 aromatic carbocycles. The molecule has 1 aromatic heterocycles. The van der Waals surface area contributed by atoms with Crippen molar-refractivity contribution in [3.05, 3.63) is 45.8 Å². The SMILES string of the molecule is Cc1noc(C)c1CN(C)C(=O)c1ccc(Cl)c(S(=O)(=O)NCC2CCCO2)c1. The largest absolute Gasteiger partial charge is 0.377 e. The number of aromatic nitrogens is 1. The summed E-state index contributed by atoms with van der Waals surface area (Å²) in [5.74, 6) is 0.303. The van der Waals surface area contributed by atoms with Crippen molar-refractivity contribution in [3.63, 3.8) is 0 Å². The van der Waals surface area contributed by atoms with Gasteiger partial charge in [-0.25, -0.2) is 13.1 Å². The van der Waals surface area contributed by atoms with Crippen LogP contribution in [0.25, 0.3) is 0 Å². The minimum atomic E-state index is -3.88. The fraction of sp³-hybridized carbons (Fsp3) is 0.474. The van der Waals surface area contributed by atoms with E-state index in [0.29, 0.717) is 24.6 Å². The summed E-state index contributed by atoms with van der Waals surface area (Å²) in [6.45, 7) is 4.68. The molecular formula is C19H24ClN3O5S. The highest BCUT2D eigenvalue weighted by Crippen LogP contribution is 2.24. The van der Waals surface area contributed by atoms with Crippen molar-refractivity contribution in [2.45, 2.75) is 44.2 Å². The molecule has 1 aliphatic heterocycles. The highest BCUT2D eigenvalue weighted by atomic mass is 35.5. The molecule has 8 nitrogen and oxygen atoms in total. The lowest BCUT2D eigenvalue weighted by molar-refractivity contribution is 0.0784. The molecule has 158 valence electrons. The normalized spacial score (nSPS) is 16.9. The van der Waals surface area contributed by atoms with Crippen LogP contribution in [0.5, 0.6) is 0 Å². The van der Waals surface area contributed by atoms with Crippen molar-refractivity contribution in [1.29, 1.82) is 0 Å². The maximum absolute atomic E-state index is 12.8. The first-order valence-corrected chi connectivity index (χ1v) is 11.1. The lowest BCUT2D eigenvalue weighted by Crippen LogP contribution is -2.32. The van der Waals surface area contributed by atoms with Gasteiger partial charge in [-0.2, -0.15) is 0 Å². The maximum atomic E-state index is 12.8. The highest BCUT2D eigenvalue weighted by Gasteiger charge is 2.24. The Morgan fingerprint density at radius 1 is 1.38 bits per heavy atom. The zero-order valence-electron chi connectivity index (χ0n) is 16.6. The predicted molar refractivity (Wildman–Crippen MR) is 107 cm³/mol. The molecule has 0 radical (unpaired) electrons. The number of benzene rings is 1. The molecule has 1 unspecified atom stereocenters. The summed E-state index contributed by atoms with van der Waals surface area (Å²) in [5, 5.41) is 3.93. The smallest absolute Gasteiger partial charge is 0.253 e. The van der Waals surface area contributed by atoms with Crippen molar-refractivity contribution in [2.75, 3.05) is 20.2 Å². The molecule has 1 saturated heterocycles. The Bertz CT molecular complexity index is 980. The third kappa shape index (κ3) is 4.98. The average Bonchev–Trinajstić information content (AvgIpc) is 3.31. The van der Waals surface area contributed by atoms with Gasteiger partial charge in [0.2, 0.25) is 10.0 Å². The van der Waals surface area contributed by atoms with Gasteiger partial charge >= 0.3 is 0 Å². The fourth-order valence-electron chi connectivity index (χ4n) is 3.19. The van der Waals surface area contributed by atoms with Crippen molar-refractivity contribution in [1.82, 2.24) is 14.8 Å².